The maximum Gasteiger partial charge on any atom is 0.262 e. The average molecular weight is 390 g/mol. The summed E-state index contributed by atoms with van der Waals surface area (Å²) in [7, 11) is 0. The highest BCUT2D eigenvalue weighted by Gasteiger charge is 2.09. The van der Waals surface area contributed by atoms with Crippen LogP contribution in [-0.4, -0.2) is 19.1 Å². The Bertz CT molecular complexity index is 703. The van der Waals surface area contributed by atoms with Gasteiger partial charge in [-0.2, -0.15) is 0 Å². The van der Waals surface area contributed by atoms with E-state index in [4.69, 9.17) is 9.47 Å². The van der Waals surface area contributed by atoms with Crippen LogP contribution in [0.4, 0.5) is 5.69 Å². The zero-order chi connectivity index (χ0) is 17.5. The summed E-state index contributed by atoms with van der Waals surface area (Å²) in [5.74, 6) is 1.25. The molecule has 1 N–H and O–H groups in total. The van der Waals surface area contributed by atoms with Gasteiger partial charge in [0, 0.05) is 10.2 Å². The van der Waals surface area contributed by atoms with Crippen molar-refractivity contribution in [2.75, 3.05) is 18.5 Å². The van der Waals surface area contributed by atoms with Gasteiger partial charge < -0.3 is 14.8 Å². The molecule has 0 unspecified atom stereocenters. The molecular formula is C19H20BrNO3. The smallest absolute Gasteiger partial charge is 0.262 e. The molecular weight excluding hydrogens is 370 g/mol. The number of carbonyl (C=O) groups is 1. The summed E-state index contributed by atoms with van der Waals surface area (Å²) < 4.78 is 12.1. The zero-order valence-corrected chi connectivity index (χ0v) is 15.4. The van der Waals surface area contributed by atoms with Crippen LogP contribution in [-0.2, 0) is 4.79 Å². The highest BCUT2D eigenvalue weighted by Crippen LogP contribution is 2.27. The first-order valence-corrected chi connectivity index (χ1v) is 8.32. The van der Waals surface area contributed by atoms with Gasteiger partial charge in [0.2, 0.25) is 0 Å². The van der Waals surface area contributed by atoms with E-state index in [0.717, 1.165) is 27.1 Å². The molecule has 0 aliphatic heterocycles. The van der Waals surface area contributed by atoms with Crippen molar-refractivity contribution in [1.82, 2.24) is 0 Å². The van der Waals surface area contributed by atoms with Crippen molar-refractivity contribution in [3.8, 4) is 11.5 Å². The lowest BCUT2D eigenvalue weighted by atomic mass is 10.1. The van der Waals surface area contributed by atoms with Gasteiger partial charge in [-0.1, -0.05) is 28.6 Å². The van der Waals surface area contributed by atoms with Crippen molar-refractivity contribution in [2.45, 2.75) is 13.8 Å². The first-order chi connectivity index (χ1) is 11.5. The molecule has 0 heterocycles. The van der Waals surface area contributed by atoms with Gasteiger partial charge in [0.1, 0.15) is 18.1 Å². The second kappa shape index (κ2) is 8.55. The predicted molar refractivity (Wildman–Crippen MR) is 99.9 cm³/mol. The van der Waals surface area contributed by atoms with Crippen molar-refractivity contribution >= 4 is 27.5 Å². The van der Waals surface area contributed by atoms with Gasteiger partial charge in [-0.05, 0) is 61.4 Å². The lowest BCUT2D eigenvalue weighted by molar-refractivity contribution is -0.118. The largest absolute Gasteiger partial charge is 0.490 e. The molecule has 0 fully saturated rings. The number of nitrogens with one attached hydrogen (secondary N) is 1. The molecule has 0 bridgehead atoms. The van der Waals surface area contributed by atoms with Crippen LogP contribution in [0.1, 0.15) is 11.1 Å². The summed E-state index contributed by atoms with van der Waals surface area (Å²) in [6, 6.07) is 11.1. The van der Waals surface area contributed by atoms with Gasteiger partial charge in [-0.25, -0.2) is 0 Å². The van der Waals surface area contributed by atoms with E-state index in [1.807, 2.05) is 26.0 Å². The van der Waals surface area contributed by atoms with Crippen molar-refractivity contribution in [2.24, 2.45) is 0 Å². The molecule has 2 rings (SSSR count). The molecule has 0 saturated carbocycles. The van der Waals surface area contributed by atoms with Crippen LogP contribution in [0, 0.1) is 13.8 Å². The van der Waals surface area contributed by atoms with Gasteiger partial charge in [-0.15, -0.1) is 0 Å². The van der Waals surface area contributed by atoms with Gasteiger partial charge in [-0.3, -0.25) is 4.79 Å². The molecule has 0 aliphatic carbocycles. The highest BCUT2D eigenvalue weighted by atomic mass is 79.9. The van der Waals surface area contributed by atoms with Crippen molar-refractivity contribution in [3.05, 3.63) is 64.7 Å². The summed E-state index contributed by atoms with van der Waals surface area (Å²) in [6.07, 6.45) is 1.68. The summed E-state index contributed by atoms with van der Waals surface area (Å²) in [5.41, 5.74) is 2.66. The minimum atomic E-state index is -0.212. The molecule has 2 aromatic rings. The zero-order valence-electron chi connectivity index (χ0n) is 13.8. The molecule has 0 radical (unpaired) electrons. The number of hydrogen-bond acceptors (Lipinski definition) is 3. The second-order valence-electron chi connectivity index (χ2n) is 5.33. The molecule has 1 amide bonds. The molecule has 0 spiro atoms. The summed E-state index contributed by atoms with van der Waals surface area (Å²) in [4.78, 5) is 12.0. The molecule has 126 valence electrons. The average Bonchev–Trinajstić information content (AvgIpc) is 2.53. The van der Waals surface area contributed by atoms with E-state index in [0.29, 0.717) is 12.3 Å². The summed E-state index contributed by atoms with van der Waals surface area (Å²) in [6.45, 7) is 7.91. The Morgan fingerprint density at radius 2 is 1.79 bits per heavy atom. The quantitative estimate of drug-likeness (QED) is 0.701. The number of rotatable bonds is 7. The number of ether oxygens (including phenoxy) is 2. The van der Waals surface area contributed by atoms with Gasteiger partial charge >= 0.3 is 0 Å². The van der Waals surface area contributed by atoms with Crippen LogP contribution < -0.4 is 14.8 Å². The van der Waals surface area contributed by atoms with Crippen molar-refractivity contribution in [1.29, 1.82) is 0 Å². The fourth-order valence-electron chi connectivity index (χ4n) is 2.25. The first-order valence-electron chi connectivity index (χ1n) is 7.52. The molecule has 0 aromatic heterocycles. The van der Waals surface area contributed by atoms with Crippen LogP contribution in [0.5, 0.6) is 11.5 Å². The van der Waals surface area contributed by atoms with E-state index < -0.39 is 0 Å². The van der Waals surface area contributed by atoms with Crippen molar-refractivity contribution in [3.63, 3.8) is 0 Å². The van der Waals surface area contributed by atoms with E-state index in [9.17, 15) is 4.79 Å². The van der Waals surface area contributed by atoms with Crippen LogP contribution in [0.2, 0.25) is 0 Å². The third-order valence-corrected chi connectivity index (χ3v) is 3.74. The summed E-state index contributed by atoms with van der Waals surface area (Å²) >= 11 is 3.44. The van der Waals surface area contributed by atoms with Crippen LogP contribution in [0.15, 0.2) is 53.5 Å². The normalized spacial score (nSPS) is 10.1. The molecule has 4 nitrogen and oxygen atoms in total. The van der Waals surface area contributed by atoms with E-state index >= 15 is 0 Å². The molecule has 0 saturated heterocycles. The molecule has 5 heteroatoms. The Hall–Kier alpha value is -2.27. The number of amides is 1. The van der Waals surface area contributed by atoms with Gasteiger partial charge in [0.05, 0.1) is 0 Å². The van der Waals surface area contributed by atoms with E-state index in [1.165, 1.54) is 0 Å². The van der Waals surface area contributed by atoms with Gasteiger partial charge in [0.15, 0.2) is 6.61 Å². The fraction of sp³-hybridized carbons (Fsp3) is 0.211. The molecule has 2 aromatic carbocycles. The van der Waals surface area contributed by atoms with Gasteiger partial charge in [0.25, 0.3) is 5.91 Å². The predicted octanol–water partition coefficient (Wildman–Crippen LogP) is 4.65. The highest BCUT2D eigenvalue weighted by molar-refractivity contribution is 9.10. The van der Waals surface area contributed by atoms with Crippen LogP contribution in [0.3, 0.4) is 0 Å². The minimum Gasteiger partial charge on any atom is -0.490 e. The Morgan fingerprint density at radius 3 is 2.38 bits per heavy atom. The number of halogens is 1. The third-order valence-electron chi connectivity index (χ3n) is 3.28. The number of anilines is 1. The Balaban J connectivity index is 1.90. The Morgan fingerprint density at radius 1 is 1.17 bits per heavy atom. The fourth-order valence-corrected chi connectivity index (χ4v) is 2.94. The van der Waals surface area contributed by atoms with E-state index in [2.05, 4.69) is 27.8 Å². The maximum absolute atomic E-state index is 12.0. The number of hydrogen-bond donors (Lipinski definition) is 1. The SMILES string of the molecule is C=CCOc1ccc(NC(=O)COc2c(C)cc(Br)cc2C)cc1. The number of carbonyl (C=O) groups excluding carboxylic acids is 1. The molecule has 0 atom stereocenters. The lowest BCUT2D eigenvalue weighted by Gasteiger charge is -2.13. The van der Waals surface area contributed by atoms with Crippen molar-refractivity contribution < 1.29 is 14.3 Å². The Labute approximate surface area is 150 Å². The number of benzene rings is 2. The van der Waals surface area contributed by atoms with E-state index in [1.54, 1.807) is 30.3 Å². The third kappa shape index (κ3) is 5.13. The lowest BCUT2D eigenvalue weighted by Crippen LogP contribution is -2.20. The minimum absolute atomic E-state index is 0.0436. The van der Waals surface area contributed by atoms with E-state index in [-0.39, 0.29) is 12.5 Å². The summed E-state index contributed by atoms with van der Waals surface area (Å²) in [5, 5.41) is 2.80. The topological polar surface area (TPSA) is 47.6 Å². The van der Waals surface area contributed by atoms with Crippen LogP contribution in [0.25, 0.3) is 0 Å². The standard InChI is InChI=1S/C19H20BrNO3/c1-4-9-23-17-7-5-16(6-8-17)21-18(22)12-24-19-13(2)10-15(20)11-14(19)3/h4-8,10-11H,1,9,12H2,2-3H3,(H,21,22). The monoisotopic (exact) mass is 389 g/mol. The van der Waals surface area contributed by atoms with Crippen LogP contribution >= 0.6 is 15.9 Å². The number of aryl methyl sites for hydroxylation is 2. The second-order valence-corrected chi connectivity index (χ2v) is 6.25. The Kier molecular flexibility index (Phi) is 6.44. The first kappa shape index (κ1) is 18.1. The molecule has 0 aliphatic rings. The maximum atomic E-state index is 12.0. The molecule has 24 heavy (non-hydrogen) atoms.